The van der Waals surface area contributed by atoms with Crippen molar-refractivity contribution in [3.63, 3.8) is 0 Å². The SMILES string of the molecule is COc1c(N)cc(C(C)OCc2cccc(OC(N)=O)n2)cc1-c1ncc(C)cn1. The van der Waals surface area contributed by atoms with Crippen molar-refractivity contribution >= 4 is 11.8 Å². The summed E-state index contributed by atoms with van der Waals surface area (Å²) in [5.41, 5.74) is 14.7. The predicted molar refractivity (Wildman–Crippen MR) is 111 cm³/mol. The van der Waals surface area contributed by atoms with Gasteiger partial charge in [-0.05, 0) is 43.2 Å². The Bertz CT molecular complexity index is 1040. The molecule has 30 heavy (non-hydrogen) atoms. The zero-order chi connectivity index (χ0) is 21.7. The van der Waals surface area contributed by atoms with Crippen LogP contribution in [0.1, 0.15) is 29.8 Å². The summed E-state index contributed by atoms with van der Waals surface area (Å²) in [6, 6.07) is 8.68. The molecule has 4 N–H and O–H groups in total. The molecule has 156 valence electrons. The Labute approximate surface area is 174 Å². The molecular weight excluding hydrogens is 386 g/mol. The number of pyridine rings is 1. The largest absolute Gasteiger partial charge is 0.494 e. The fourth-order valence-corrected chi connectivity index (χ4v) is 2.84. The molecule has 2 aromatic heterocycles. The van der Waals surface area contributed by atoms with Crippen molar-refractivity contribution < 1.29 is 19.0 Å². The van der Waals surface area contributed by atoms with Crippen molar-refractivity contribution in [3.8, 4) is 23.0 Å². The molecule has 0 saturated heterocycles. The molecule has 9 nitrogen and oxygen atoms in total. The minimum atomic E-state index is -0.923. The maximum Gasteiger partial charge on any atom is 0.411 e. The highest BCUT2D eigenvalue weighted by molar-refractivity contribution is 5.74. The second-order valence-electron chi connectivity index (χ2n) is 6.62. The average Bonchev–Trinajstić information content (AvgIpc) is 2.72. The quantitative estimate of drug-likeness (QED) is 0.568. The summed E-state index contributed by atoms with van der Waals surface area (Å²) in [5, 5.41) is 0. The van der Waals surface area contributed by atoms with Crippen molar-refractivity contribution in [3.05, 3.63) is 59.5 Å². The number of aryl methyl sites for hydroxylation is 1. The van der Waals surface area contributed by atoms with Crippen LogP contribution >= 0.6 is 0 Å². The van der Waals surface area contributed by atoms with Crippen molar-refractivity contribution in [1.82, 2.24) is 15.0 Å². The van der Waals surface area contributed by atoms with Crippen LogP contribution in [-0.4, -0.2) is 28.2 Å². The Morgan fingerprint density at radius 1 is 1.20 bits per heavy atom. The second kappa shape index (κ2) is 9.19. The van der Waals surface area contributed by atoms with Gasteiger partial charge in [0.15, 0.2) is 11.6 Å². The van der Waals surface area contributed by atoms with E-state index in [0.717, 1.165) is 11.1 Å². The third-order valence-electron chi connectivity index (χ3n) is 4.30. The molecule has 0 spiro atoms. The van der Waals surface area contributed by atoms with Gasteiger partial charge >= 0.3 is 6.09 Å². The number of ether oxygens (including phenoxy) is 3. The van der Waals surface area contributed by atoms with Gasteiger partial charge in [-0.1, -0.05) is 6.07 Å². The number of primary amides is 1. The summed E-state index contributed by atoms with van der Waals surface area (Å²) >= 11 is 0. The van der Waals surface area contributed by atoms with Gasteiger partial charge in [0.2, 0.25) is 5.88 Å². The van der Waals surface area contributed by atoms with Gasteiger partial charge in [-0.3, -0.25) is 0 Å². The molecule has 3 aromatic rings. The molecule has 0 bridgehead atoms. The van der Waals surface area contributed by atoms with Gasteiger partial charge in [0.25, 0.3) is 0 Å². The van der Waals surface area contributed by atoms with Gasteiger partial charge in [-0.15, -0.1) is 0 Å². The first-order valence-corrected chi connectivity index (χ1v) is 9.18. The van der Waals surface area contributed by atoms with E-state index < -0.39 is 6.09 Å². The molecule has 9 heteroatoms. The van der Waals surface area contributed by atoms with Gasteiger partial charge < -0.3 is 25.7 Å². The van der Waals surface area contributed by atoms with E-state index in [1.807, 2.05) is 19.9 Å². The van der Waals surface area contributed by atoms with E-state index in [1.54, 1.807) is 37.7 Å². The van der Waals surface area contributed by atoms with E-state index in [9.17, 15) is 4.79 Å². The third kappa shape index (κ3) is 5.00. The number of benzene rings is 1. The topological polar surface area (TPSA) is 135 Å². The Kier molecular flexibility index (Phi) is 6.43. The number of aromatic nitrogens is 3. The Hall–Kier alpha value is -3.72. The summed E-state index contributed by atoms with van der Waals surface area (Å²) in [4.78, 5) is 23.8. The molecule has 0 aliphatic rings. The zero-order valence-electron chi connectivity index (χ0n) is 17.0. The van der Waals surface area contributed by atoms with Crippen molar-refractivity contribution in [2.75, 3.05) is 12.8 Å². The number of nitrogen functional groups attached to an aromatic ring is 1. The Morgan fingerprint density at radius 3 is 2.60 bits per heavy atom. The summed E-state index contributed by atoms with van der Waals surface area (Å²) in [5.74, 6) is 1.13. The smallest absolute Gasteiger partial charge is 0.411 e. The molecule has 0 radical (unpaired) electrons. The molecule has 0 aliphatic carbocycles. The number of rotatable bonds is 7. The zero-order valence-corrected chi connectivity index (χ0v) is 17.0. The van der Waals surface area contributed by atoms with Crippen molar-refractivity contribution in [2.45, 2.75) is 26.6 Å². The fourth-order valence-electron chi connectivity index (χ4n) is 2.84. The number of hydrogen-bond donors (Lipinski definition) is 2. The van der Waals surface area contributed by atoms with Crippen LogP contribution in [0.25, 0.3) is 11.4 Å². The lowest BCUT2D eigenvalue weighted by Crippen LogP contribution is -2.17. The van der Waals surface area contributed by atoms with E-state index in [4.69, 9.17) is 25.7 Å². The summed E-state index contributed by atoms with van der Waals surface area (Å²) in [6.45, 7) is 4.00. The summed E-state index contributed by atoms with van der Waals surface area (Å²) in [7, 11) is 1.55. The summed E-state index contributed by atoms with van der Waals surface area (Å²) < 4.78 is 16.2. The number of carbonyl (C=O) groups excluding carboxylic acids is 1. The highest BCUT2D eigenvalue weighted by Crippen LogP contribution is 2.36. The number of anilines is 1. The minimum Gasteiger partial charge on any atom is -0.494 e. The normalized spacial score (nSPS) is 11.7. The first kappa shape index (κ1) is 21.0. The summed E-state index contributed by atoms with van der Waals surface area (Å²) in [6.07, 6.45) is 2.23. The lowest BCUT2D eigenvalue weighted by atomic mass is 10.0. The lowest BCUT2D eigenvalue weighted by Gasteiger charge is -2.18. The Balaban J connectivity index is 1.81. The van der Waals surface area contributed by atoms with E-state index in [2.05, 4.69) is 15.0 Å². The van der Waals surface area contributed by atoms with Crippen molar-refractivity contribution in [1.29, 1.82) is 0 Å². The van der Waals surface area contributed by atoms with Crippen LogP contribution in [0, 0.1) is 6.92 Å². The molecular formula is C21H23N5O4. The highest BCUT2D eigenvalue weighted by atomic mass is 16.6. The van der Waals surface area contributed by atoms with Crippen LogP contribution in [0.5, 0.6) is 11.6 Å². The minimum absolute atomic E-state index is 0.115. The van der Waals surface area contributed by atoms with E-state index in [0.29, 0.717) is 28.5 Å². The maximum absolute atomic E-state index is 10.9. The first-order chi connectivity index (χ1) is 14.4. The van der Waals surface area contributed by atoms with Crippen LogP contribution in [0.3, 0.4) is 0 Å². The van der Waals surface area contributed by atoms with Crippen LogP contribution in [0.4, 0.5) is 10.5 Å². The Morgan fingerprint density at radius 2 is 1.93 bits per heavy atom. The van der Waals surface area contributed by atoms with E-state index >= 15 is 0 Å². The van der Waals surface area contributed by atoms with Crippen LogP contribution in [0.15, 0.2) is 42.7 Å². The number of methoxy groups -OCH3 is 1. The van der Waals surface area contributed by atoms with Crippen molar-refractivity contribution in [2.24, 2.45) is 5.73 Å². The lowest BCUT2D eigenvalue weighted by molar-refractivity contribution is 0.0503. The second-order valence-corrected chi connectivity index (χ2v) is 6.62. The molecule has 0 aliphatic heterocycles. The highest BCUT2D eigenvalue weighted by Gasteiger charge is 2.17. The fraction of sp³-hybridized carbons (Fsp3) is 0.238. The van der Waals surface area contributed by atoms with Crippen LogP contribution < -0.4 is 20.9 Å². The molecule has 1 atom stereocenters. The number of nitrogens with two attached hydrogens (primary N) is 2. The van der Waals surface area contributed by atoms with E-state index in [-0.39, 0.29) is 18.6 Å². The van der Waals surface area contributed by atoms with Gasteiger partial charge in [-0.25, -0.2) is 19.7 Å². The predicted octanol–water partition coefficient (Wildman–Crippen LogP) is 3.17. The molecule has 1 amide bonds. The van der Waals surface area contributed by atoms with Crippen LogP contribution in [0.2, 0.25) is 0 Å². The molecule has 2 heterocycles. The van der Waals surface area contributed by atoms with E-state index in [1.165, 1.54) is 6.07 Å². The standard InChI is InChI=1S/C21H23N5O4/c1-12-9-24-20(25-10-12)16-7-14(8-17(22)19(16)28-3)13(2)29-11-15-5-4-6-18(26-15)30-21(23)27/h4-10,13H,11,22H2,1-3H3,(H2,23,27). The monoisotopic (exact) mass is 409 g/mol. The number of nitrogens with zero attached hydrogens (tertiary/aromatic N) is 3. The van der Waals surface area contributed by atoms with Gasteiger partial charge in [-0.2, -0.15) is 0 Å². The van der Waals surface area contributed by atoms with Crippen LogP contribution in [-0.2, 0) is 11.3 Å². The third-order valence-corrected chi connectivity index (χ3v) is 4.30. The molecule has 0 fully saturated rings. The van der Waals surface area contributed by atoms with Gasteiger partial charge in [0.1, 0.15) is 0 Å². The number of carbonyl (C=O) groups is 1. The molecule has 3 rings (SSSR count). The first-order valence-electron chi connectivity index (χ1n) is 9.18. The number of amides is 1. The van der Waals surface area contributed by atoms with Gasteiger partial charge in [0, 0.05) is 18.5 Å². The number of hydrogen-bond acceptors (Lipinski definition) is 8. The molecule has 1 unspecified atom stereocenters. The molecule has 1 aromatic carbocycles. The van der Waals surface area contributed by atoms with Gasteiger partial charge in [0.05, 0.1) is 36.8 Å². The maximum atomic E-state index is 10.9. The molecule has 0 saturated carbocycles. The average molecular weight is 409 g/mol.